The third kappa shape index (κ3) is 4.24. The van der Waals surface area contributed by atoms with Crippen LogP contribution in [-0.4, -0.2) is 25.7 Å². The van der Waals surface area contributed by atoms with E-state index < -0.39 is 0 Å². The van der Waals surface area contributed by atoms with Crippen molar-refractivity contribution >= 4 is 17.5 Å². The van der Waals surface area contributed by atoms with Gasteiger partial charge in [0, 0.05) is 19.8 Å². The van der Waals surface area contributed by atoms with Crippen LogP contribution in [0.25, 0.3) is 0 Å². The molecule has 0 saturated carbocycles. The van der Waals surface area contributed by atoms with Crippen molar-refractivity contribution in [3.05, 3.63) is 23.7 Å². The second kappa shape index (κ2) is 7.30. The minimum atomic E-state index is -0.215. The molecule has 0 fully saturated rings. The number of hydrogen-bond acceptors (Lipinski definition) is 3. The van der Waals surface area contributed by atoms with Gasteiger partial charge in [-0.05, 0) is 25.5 Å². The highest BCUT2D eigenvalue weighted by Crippen LogP contribution is 2.09. The Balaban J connectivity index is 2.24. The van der Waals surface area contributed by atoms with E-state index in [0.29, 0.717) is 31.3 Å². The van der Waals surface area contributed by atoms with Gasteiger partial charge in [-0.3, -0.25) is 4.79 Å². The topological polar surface area (TPSA) is 51.5 Å². The normalized spacial score (nSPS) is 10.4. The predicted molar refractivity (Wildman–Crippen MR) is 61.7 cm³/mol. The van der Waals surface area contributed by atoms with Gasteiger partial charge in [-0.25, -0.2) is 0 Å². The van der Waals surface area contributed by atoms with Gasteiger partial charge in [0.05, 0.1) is 5.88 Å². The molecule has 0 aliphatic rings. The van der Waals surface area contributed by atoms with Crippen LogP contribution in [0.5, 0.6) is 0 Å². The van der Waals surface area contributed by atoms with E-state index in [0.717, 1.165) is 6.42 Å². The number of furan rings is 1. The van der Waals surface area contributed by atoms with E-state index >= 15 is 0 Å². The van der Waals surface area contributed by atoms with Crippen molar-refractivity contribution in [3.8, 4) is 0 Å². The van der Waals surface area contributed by atoms with E-state index in [4.69, 9.17) is 20.8 Å². The SMILES string of the molecule is CCOCCCNC(=O)c1ccc(CCl)o1. The first-order valence-electron chi connectivity index (χ1n) is 5.28. The van der Waals surface area contributed by atoms with Crippen molar-refractivity contribution in [2.45, 2.75) is 19.2 Å². The smallest absolute Gasteiger partial charge is 0.286 e. The molecule has 0 aliphatic heterocycles. The fourth-order valence-corrected chi connectivity index (χ4v) is 1.32. The Morgan fingerprint density at radius 2 is 2.38 bits per heavy atom. The Morgan fingerprint density at radius 3 is 3.00 bits per heavy atom. The van der Waals surface area contributed by atoms with Crippen LogP contribution in [0.1, 0.15) is 29.7 Å². The van der Waals surface area contributed by atoms with Gasteiger partial charge in [0.25, 0.3) is 5.91 Å². The lowest BCUT2D eigenvalue weighted by Crippen LogP contribution is -2.24. The van der Waals surface area contributed by atoms with E-state index in [1.807, 2.05) is 6.92 Å². The number of carbonyl (C=O) groups is 1. The van der Waals surface area contributed by atoms with E-state index in [2.05, 4.69) is 5.32 Å². The number of hydrogen-bond donors (Lipinski definition) is 1. The van der Waals surface area contributed by atoms with Crippen molar-refractivity contribution in [1.82, 2.24) is 5.32 Å². The predicted octanol–water partition coefficient (Wildman–Crippen LogP) is 2.17. The van der Waals surface area contributed by atoms with Crippen LogP contribution in [0, 0.1) is 0 Å². The molecule has 16 heavy (non-hydrogen) atoms. The van der Waals surface area contributed by atoms with E-state index in [9.17, 15) is 4.79 Å². The van der Waals surface area contributed by atoms with Crippen molar-refractivity contribution in [2.24, 2.45) is 0 Å². The second-order valence-corrected chi connectivity index (χ2v) is 3.47. The maximum Gasteiger partial charge on any atom is 0.286 e. The molecule has 1 heterocycles. The molecule has 1 N–H and O–H groups in total. The zero-order valence-electron chi connectivity index (χ0n) is 9.29. The van der Waals surface area contributed by atoms with Gasteiger partial charge in [-0.2, -0.15) is 0 Å². The summed E-state index contributed by atoms with van der Waals surface area (Å²) in [7, 11) is 0. The van der Waals surface area contributed by atoms with Gasteiger partial charge in [0.2, 0.25) is 0 Å². The Kier molecular flexibility index (Phi) is 5.96. The van der Waals surface area contributed by atoms with Gasteiger partial charge in [0.1, 0.15) is 5.76 Å². The zero-order chi connectivity index (χ0) is 11.8. The summed E-state index contributed by atoms with van der Waals surface area (Å²) in [5.74, 6) is 0.957. The standard InChI is InChI=1S/C11H16ClNO3/c1-2-15-7-3-6-13-11(14)10-5-4-9(8-12)16-10/h4-5H,2-3,6-8H2,1H3,(H,13,14). The fraction of sp³-hybridized carbons (Fsp3) is 0.545. The molecular weight excluding hydrogens is 230 g/mol. The maximum atomic E-state index is 11.5. The molecule has 0 bridgehead atoms. The lowest BCUT2D eigenvalue weighted by molar-refractivity contribution is 0.0915. The maximum absolute atomic E-state index is 11.5. The number of nitrogens with one attached hydrogen (secondary N) is 1. The molecule has 0 saturated heterocycles. The summed E-state index contributed by atoms with van der Waals surface area (Å²) >= 11 is 5.56. The summed E-state index contributed by atoms with van der Waals surface area (Å²) in [5.41, 5.74) is 0. The van der Waals surface area contributed by atoms with E-state index in [1.165, 1.54) is 0 Å². The zero-order valence-corrected chi connectivity index (χ0v) is 10.0. The van der Waals surface area contributed by atoms with Crippen LogP contribution in [0.15, 0.2) is 16.5 Å². The average Bonchev–Trinajstić information content (AvgIpc) is 2.77. The van der Waals surface area contributed by atoms with Crippen LogP contribution in [0.3, 0.4) is 0 Å². The molecule has 0 radical (unpaired) electrons. The lowest BCUT2D eigenvalue weighted by Gasteiger charge is -2.03. The number of amides is 1. The Labute approximate surface area is 99.9 Å². The van der Waals surface area contributed by atoms with Crippen LogP contribution < -0.4 is 5.32 Å². The highest BCUT2D eigenvalue weighted by Gasteiger charge is 2.09. The minimum absolute atomic E-state index is 0.215. The molecule has 0 aromatic carbocycles. The molecule has 1 amide bonds. The summed E-state index contributed by atoms with van der Waals surface area (Å²) < 4.78 is 10.3. The van der Waals surface area contributed by atoms with Crippen molar-refractivity contribution < 1.29 is 13.9 Å². The molecular formula is C11H16ClNO3. The second-order valence-electron chi connectivity index (χ2n) is 3.21. The average molecular weight is 246 g/mol. The molecule has 0 aliphatic carbocycles. The lowest BCUT2D eigenvalue weighted by atomic mass is 10.4. The number of ether oxygens (including phenoxy) is 1. The number of alkyl halides is 1. The number of rotatable bonds is 7. The molecule has 90 valence electrons. The Hall–Kier alpha value is -1.00. The summed E-state index contributed by atoms with van der Waals surface area (Å²) in [6, 6.07) is 3.32. The molecule has 0 atom stereocenters. The first-order valence-corrected chi connectivity index (χ1v) is 5.82. The van der Waals surface area contributed by atoms with Crippen LogP contribution >= 0.6 is 11.6 Å². The summed E-state index contributed by atoms with van der Waals surface area (Å²) in [4.78, 5) is 11.5. The monoisotopic (exact) mass is 245 g/mol. The molecule has 4 nitrogen and oxygen atoms in total. The van der Waals surface area contributed by atoms with Gasteiger partial charge < -0.3 is 14.5 Å². The van der Waals surface area contributed by atoms with Crippen molar-refractivity contribution in [1.29, 1.82) is 0 Å². The van der Waals surface area contributed by atoms with Gasteiger partial charge in [-0.15, -0.1) is 11.6 Å². The Morgan fingerprint density at radius 1 is 1.56 bits per heavy atom. The van der Waals surface area contributed by atoms with E-state index in [1.54, 1.807) is 12.1 Å². The summed E-state index contributed by atoms with van der Waals surface area (Å²) in [6.07, 6.45) is 0.794. The molecule has 1 aromatic rings. The van der Waals surface area contributed by atoms with Crippen LogP contribution in [0.2, 0.25) is 0 Å². The van der Waals surface area contributed by atoms with E-state index in [-0.39, 0.29) is 11.8 Å². The molecule has 1 rings (SSSR count). The van der Waals surface area contributed by atoms with Crippen molar-refractivity contribution in [3.63, 3.8) is 0 Å². The molecule has 1 aromatic heterocycles. The van der Waals surface area contributed by atoms with Gasteiger partial charge in [-0.1, -0.05) is 0 Å². The quantitative estimate of drug-likeness (QED) is 0.592. The van der Waals surface area contributed by atoms with Crippen LogP contribution in [0.4, 0.5) is 0 Å². The fourth-order valence-electron chi connectivity index (χ4n) is 1.18. The highest BCUT2D eigenvalue weighted by molar-refractivity contribution is 6.16. The molecule has 0 unspecified atom stereocenters. The van der Waals surface area contributed by atoms with Crippen molar-refractivity contribution in [2.75, 3.05) is 19.8 Å². The minimum Gasteiger partial charge on any atom is -0.455 e. The molecule has 0 spiro atoms. The van der Waals surface area contributed by atoms with Gasteiger partial charge >= 0.3 is 0 Å². The third-order valence-electron chi connectivity index (χ3n) is 1.97. The number of halogens is 1. The first-order chi connectivity index (χ1) is 7.77. The Bertz CT molecular complexity index is 325. The largest absolute Gasteiger partial charge is 0.455 e. The number of carbonyl (C=O) groups excluding carboxylic acids is 1. The summed E-state index contributed by atoms with van der Waals surface area (Å²) in [5, 5.41) is 2.74. The van der Waals surface area contributed by atoms with Gasteiger partial charge in [0.15, 0.2) is 5.76 Å². The highest BCUT2D eigenvalue weighted by atomic mass is 35.5. The molecule has 5 heteroatoms. The summed E-state index contributed by atoms with van der Waals surface area (Å²) in [6.45, 7) is 3.87. The first kappa shape index (κ1) is 13.1. The third-order valence-corrected chi connectivity index (χ3v) is 2.24. The van der Waals surface area contributed by atoms with Crippen LogP contribution in [-0.2, 0) is 10.6 Å².